The number of nitrogen functional groups attached to an aromatic ring is 1. The highest BCUT2D eigenvalue weighted by atomic mass is 16.5. The summed E-state index contributed by atoms with van der Waals surface area (Å²) in [6.45, 7) is 0. The van der Waals surface area contributed by atoms with Crippen LogP contribution in [0.2, 0.25) is 0 Å². The fourth-order valence-corrected chi connectivity index (χ4v) is 2.45. The molecule has 0 aliphatic heterocycles. The first-order valence-corrected chi connectivity index (χ1v) is 8.53. The largest absolute Gasteiger partial charge is 0.457 e. The number of para-hydroxylation sites is 1. The minimum atomic E-state index is 0.132. The van der Waals surface area contributed by atoms with E-state index in [4.69, 9.17) is 10.5 Å². The van der Waals surface area contributed by atoms with E-state index >= 15 is 0 Å². The number of nitrogens with one attached hydrogen (secondary N) is 2. The molecule has 4 N–H and O–H groups in total. The van der Waals surface area contributed by atoms with Gasteiger partial charge in [-0.25, -0.2) is 9.97 Å². The van der Waals surface area contributed by atoms with Gasteiger partial charge in [0.25, 0.3) is 0 Å². The fraction of sp³-hybridized carbons (Fsp3) is 0. The van der Waals surface area contributed by atoms with Gasteiger partial charge in [-0.1, -0.05) is 18.2 Å². The van der Waals surface area contributed by atoms with Crippen LogP contribution in [0, 0.1) is 0 Å². The number of ether oxygens (including phenoxy) is 1. The zero-order valence-corrected chi connectivity index (χ0v) is 14.8. The molecule has 0 radical (unpaired) electrons. The molecule has 28 heavy (non-hydrogen) atoms. The van der Waals surface area contributed by atoms with E-state index in [0.717, 1.165) is 17.2 Å². The smallest absolute Gasteiger partial charge is 0.228 e. The van der Waals surface area contributed by atoms with Crippen LogP contribution < -0.4 is 21.1 Å². The van der Waals surface area contributed by atoms with Crippen LogP contribution in [0.1, 0.15) is 0 Å². The van der Waals surface area contributed by atoms with Gasteiger partial charge in [-0.3, -0.25) is 0 Å². The number of hydrogen-bond acceptors (Lipinski definition) is 8. The Hall–Kier alpha value is -4.20. The van der Waals surface area contributed by atoms with Crippen molar-refractivity contribution >= 4 is 29.2 Å². The van der Waals surface area contributed by atoms with Crippen molar-refractivity contribution in [3.63, 3.8) is 0 Å². The number of nitrogens with two attached hydrogens (primary N) is 1. The highest BCUT2D eigenvalue weighted by Gasteiger charge is 2.05. The molecule has 2 heterocycles. The van der Waals surface area contributed by atoms with Crippen LogP contribution in [-0.4, -0.2) is 19.9 Å². The lowest BCUT2D eigenvalue weighted by atomic mass is 10.3. The third-order valence-electron chi connectivity index (χ3n) is 3.65. The molecule has 0 spiro atoms. The molecule has 8 heteroatoms. The van der Waals surface area contributed by atoms with E-state index in [1.807, 2.05) is 54.6 Å². The van der Waals surface area contributed by atoms with Gasteiger partial charge in [0.2, 0.25) is 11.9 Å². The summed E-state index contributed by atoms with van der Waals surface area (Å²) in [4.78, 5) is 16.6. The summed E-state index contributed by atoms with van der Waals surface area (Å²) in [5.74, 6) is 3.11. The molecular formula is C20H17N7O. The maximum atomic E-state index is 5.81. The van der Waals surface area contributed by atoms with Crippen molar-refractivity contribution in [3.05, 3.63) is 79.1 Å². The Kier molecular flexibility index (Phi) is 4.92. The van der Waals surface area contributed by atoms with Gasteiger partial charge < -0.3 is 21.1 Å². The zero-order chi connectivity index (χ0) is 19.2. The third-order valence-corrected chi connectivity index (χ3v) is 3.65. The van der Waals surface area contributed by atoms with Gasteiger partial charge in [0.05, 0.1) is 0 Å². The summed E-state index contributed by atoms with van der Waals surface area (Å²) in [7, 11) is 0. The number of rotatable bonds is 6. The van der Waals surface area contributed by atoms with Crippen molar-refractivity contribution in [2.24, 2.45) is 0 Å². The van der Waals surface area contributed by atoms with Crippen molar-refractivity contribution in [1.29, 1.82) is 0 Å². The van der Waals surface area contributed by atoms with Crippen LogP contribution in [-0.2, 0) is 0 Å². The summed E-state index contributed by atoms with van der Waals surface area (Å²) in [6.07, 6.45) is 3.27. The summed E-state index contributed by atoms with van der Waals surface area (Å²) >= 11 is 0. The van der Waals surface area contributed by atoms with Crippen LogP contribution in [0.25, 0.3) is 0 Å². The predicted octanol–water partition coefficient (Wildman–Crippen LogP) is 4.13. The second kappa shape index (κ2) is 8.00. The average molecular weight is 371 g/mol. The standard InChI is InChI=1S/C20H17N7O/c21-19-25-17(13-18(26-19)27-20-22-11-4-12-23-20)24-14-7-9-16(10-8-14)28-15-5-2-1-3-6-15/h1-13H,(H4,21,22,23,24,25,26,27). The van der Waals surface area contributed by atoms with Gasteiger partial charge in [-0.15, -0.1) is 0 Å². The quantitative estimate of drug-likeness (QED) is 0.464. The maximum absolute atomic E-state index is 5.81. The summed E-state index contributed by atoms with van der Waals surface area (Å²) in [5, 5.41) is 6.19. The molecule has 0 aliphatic carbocycles. The summed E-state index contributed by atoms with van der Waals surface area (Å²) in [5.41, 5.74) is 6.65. The molecule has 0 saturated heterocycles. The van der Waals surface area contributed by atoms with E-state index in [2.05, 4.69) is 30.6 Å². The van der Waals surface area contributed by atoms with Gasteiger partial charge in [-0.2, -0.15) is 9.97 Å². The molecule has 0 saturated carbocycles. The molecule has 0 amide bonds. The number of hydrogen-bond donors (Lipinski definition) is 3. The Labute approximate surface area is 161 Å². The second-order valence-corrected chi connectivity index (χ2v) is 5.76. The van der Waals surface area contributed by atoms with Crippen molar-refractivity contribution < 1.29 is 4.74 Å². The van der Waals surface area contributed by atoms with Gasteiger partial charge >= 0.3 is 0 Å². The average Bonchev–Trinajstić information content (AvgIpc) is 2.71. The van der Waals surface area contributed by atoms with E-state index in [-0.39, 0.29) is 5.95 Å². The Morgan fingerprint density at radius 1 is 0.714 bits per heavy atom. The highest BCUT2D eigenvalue weighted by Crippen LogP contribution is 2.25. The van der Waals surface area contributed by atoms with Crippen LogP contribution in [0.4, 0.5) is 29.2 Å². The third kappa shape index (κ3) is 4.50. The van der Waals surface area contributed by atoms with Gasteiger partial charge in [0, 0.05) is 24.1 Å². The number of benzene rings is 2. The maximum Gasteiger partial charge on any atom is 0.228 e. The van der Waals surface area contributed by atoms with Gasteiger partial charge in [0.1, 0.15) is 23.1 Å². The minimum absolute atomic E-state index is 0.132. The lowest BCUT2D eigenvalue weighted by molar-refractivity contribution is 0.483. The van der Waals surface area contributed by atoms with E-state index in [1.165, 1.54) is 0 Å². The normalized spacial score (nSPS) is 10.3. The molecule has 2 aromatic heterocycles. The first-order chi connectivity index (χ1) is 13.7. The molecule has 0 fully saturated rings. The topological polar surface area (TPSA) is 111 Å². The summed E-state index contributed by atoms with van der Waals surface area (Å²) in [6, 6.07) is 20.6. The molecule has 4 aromatic rings. The van der Waals surface area contributed by atoms with E-state index in [1.54, 1.807) is 24.5 Å². The van der Waals surface area contributed by atoms with E-state index in [0.29, 0.717) is 17.6 Å². The van der Waals surface area contributed by atoms with E-state index in [9.17, 15) is 0 Å². The SMILES string of the molecule is Nc1nc(Nc2ccc(Oc3ccccc3)cc2)cc(Nc2ncccn2)n1. The Morgan fingerprint density at radius 2 is 1.36 bits per heavy atom. The molecule has 0 unspecified atom stereocenters. The first-order valence-electron chi connectivity index (χ1n) is 8.53. The zero-order valence-electron chi connectivity index (χ0n) is 14.8. The lowest BCUT2D eigenvalue weighted by Crippen LogP contribution is -2.04. The monoisotopic (exact) mass is 371 g/mol. The summed E-state index contributed by atoms with van der Waals surface area (Å²) < 4.78 is 5.79. The first kappa shape index (κ1) is 17.2. The Balaban J connectivity index is 1.46. The molecule has 2 aromatic carbocycles. The van der Waals surface area contributed by atoms with Crippen molar-refractivity contribution in [2.75, 3.05) is 16.4 Å². The minimum Gasteiger partial charge on any atom is -0.457 e. The molecule has 0 aliphatic rings. The fourth-order valence-electron chi connectivity index (χ4n) is 2.45. The number of nitrogens with zero attached hydrogens (tertiary/aromatic N) is 4. The molecule has 4 rings (SSSR count). The molecule has 0 bridgehead atoms. The molecular weight excluding hydrogens is 354 g/mol. The van der Waals surface area contributed by atoms with Crippen molar-refractivity contribution in [1.82, 2.24) is 19.9 Å². The van der Waals surface area contributed by atoms with Gasteiger partial charge in [-0.05, 0) is 42.5 Å². The van der Waals surface area contributed by atoms with Crippen molar-refractivity contribution in [3.8, 4) is 11.5 Å². The van der Waals surface area contributed by atoms with Crippen molar-refractivity contribution in [2.45, 2.75) is 0 Å². The van der Waals surface area contributed by atoms with Crippen LogP contribution in [0.5, 0.6) is 11.5 Å². The second-order valence-electron chi connectivity index (χ2n) is 5.76. The Bertz CT molecular complexity index is 1040. The van der Waals surface area contributed by atoms with E-state index < -0.39 is 0 Å². The van der Waals surface area contributed by atoms with Gasteiger partial charge in [0.15, 0.2) is 0 Å². The lowest BCUT2D eigenvalue weighted by Gasteiger charge is -2.10. The Morgan fingerprint density at radius 3 is 2.07 bits per heavy atom. The molecule has 8 nitrogen and oxygen atoms in total. The number of anilines is 5. The van der Waals surface area contributed by atoms with Crippen LogP contribution in [0.3, 0.4) is 0 Å². The predicted molar refractivity (Wildman–Crippen MR) is 108 cm³/mol. The highest BCUT2D eigenvalue weighted by molar-refractivity contribution is 5.63. The molecule has 0 atom stereocenters. The van der Waals surface area contributed by atoms with Crippen LogP contribution >= 0.6 is 0 Å². The van der Waals surface area contributed by atoms with Crippen LogP contribution in [0.15, 0.2) is 79.1 Å². The molecule has 138 valence electrons. The number of aromatic nitrogens is 4.